The monoisotopic (exact) mass is 535 g/mol. The van der Waals surface area contributed by atoms with Gasteiger partial charge in [-0.05, 0) is 56.8 Å². The minimum atomic E-state index is -0.487. The first-order valence-corrected chi connectivity index (χ1v) is 13.5. The number of likely N-dealkylation sites (N-methyl/N-ethyl adjacent to an activating group) is 1. The van der Waals surface area contributed by atoms with Crippen molar-refractivity contribution in [3.05, 3.63) is 71.4 Å². The summed E-state index contributed by atoms with van der Waals surface area (Å²) in [5, 5.41) is 6.87. The van der Waals surface area contributed by atoms with E-state index >= 15 is 0 Å². The largest absolute Gasteiger partial charge is 0.457 e. The molecule has 0 radical (unpaired) electrons. The molecule has 3 amide bonds. The van der Waals surface area contributed by atoms with Crippen molar-refractivity contribution in [2.24, 2.45) is 0 Å². The van der Waals surface area contributed by atoms with Gasteiger partial charge in [-0.25, -0.2) is 9.78 Å². The number of pyridine rings is 1. The van der Waals surface area contributed by atoms with Crippen LogP contribution in [0.2, 0.25) is 5.02 Å². The van der Waals surface area contributed by atoms with E-state index in [4.69, 9.17) is 16.3 Å². The summed E-state index contributed by atoms with van der Waals surface area (Å²) in [6.45, 7) is 1.87. The number of para-hydroxylation sites is 1. The molecule has 3 aliphatic rings. The number of carbonyl (C=O) groups is 2. The molecule has 1 saturated heterocycles. The van der Waals surface area contributed by atoms with Crippen LogP contribution in [0, 0.1) is 0 Å². The topological polar surface area (TPSA) is 86.8 Å². The number of rotatable bonds is 5. The van der Waals surface area contributed by atoms with Gasteiger partial charge in [0.2, 0.25) is 5.91 Å². The van der Waals surface area contributed by atoms with Crippen molar-refractivity contribution in [1.29, 1.82) is 0 Å². The summed E-state index contributed by atoms with van der Waals surface area (Å²) in [5.41, 5.74) is 2.04. The Hall–Kier alpha value is -3.27. The van der Waals surface area contributed by atoms with E-state index in [0.29, 0.717) is 27.9 Å². The minimum Gasteiger partial charge on any atom is -0.457 e. The summed E-state index contributed by atoms with van der Waals surface area (Å²) < 4.78 is 5.89. The Labute approximate surface area is 224 Å². The van der Waals surface area contributed by atoms with Crippen LogP contribution in [0.5, 0.6) is 11.5 Å². The van der Waals surface area contributed by atoms with Gasteiger partial charge in [0.05, 0.1) is 22.4 Å². The summed E-state index contributed by atoms with van der Waals surface area (Å²) >= 11 is 8.06. The standard InChI is InChI=1S/C27H26ClN5O3S/c1-32-13-5-6-16(15-32)30-25(34)24-23-22-21(11-12-29-26(22)37-24)33(27(35)31-23)20-10-9-18(14-19(20)28)36-17-7-3-2-4-8-17/h2-4,7-12,14,16,23-24H,5-6,13,15H2,1H3,(H,30,34)(H,31,35)/t16?,23?,24-/m1/s1. The third-order valence-electron chi connectivity index (χ3n) is 6.87. The average molecular weight is 536 g/mol. The average Bonchev–Trinajstić information content (AvgIpc) is 3.25. The Kier molecular flexibility index (Phi) is 6.44. The maximum absolute atomic E-state index is 13.4. The molecule has 4 heterocycles. The molecule has 6 rings (SSSR count). The molecule has 3 aliphatic heterocycles. The van der Waals surface area contributed by atoms with Gasteiger partial charge in [0.1, 0.15) is 21.8 Å². The number of nitrogens with one attached hydrogen (secondary N) is 2. The molecule has 37 heavy (non-hydrogen) atoms. The zero-order valence-electron chi connectivity index (χ0n) is 20.2. The highest BCUT2D eigenvalue weighted by atomic mass is 35.5. The van der Waals surface area contributed by atoms with Gasteiger partial charge in [-0.15, -0.1) is 0 Å². The second kappa shape index (κ2) is 9.89. The highest BCUT2D eigenvalue weighted by Gasteiger charge is 2.47. The number of thioether (sulfide) groups is 1. The fourth-order valence-corrected chi connectivity index (χ4v) is 6.68. The normalized spacial score (nSPS) is 22.8. The molecular formula is C27H26ClN5O3S. The Morgan fingerprint density at radius 1 is 1.16 bits per heavy atom. The maximum Gasteiger partial charge on any atom is 0.327 e. The molecule has 0 aliphatic carbocycles. The minimum absolute atomic E-state index is 0.0755. The van der Waals surface area contributed by atoms with E-state index in [0.717, 1.165) is 36.5 Å². The zero-order chi connectivity index (χ0) is 25.5. The lowest BCUT2D eigenvalue weighted by Crippen LogP contribution is -2.52. The molecule has 190 valence electrons. The number of amides is 3. The molecule has 8 nitrogen and oxygen atoms in total. The van der Waals surface area contributed by atoms with E-state index in [9.17, 15) is 9.59 Å². The highest BCUT2D eigenvalue weighted by Crippen LogP contribution is 2.51. The van der Waals surface area contributed by atoms with Crippen molar-refractivity contribution in [3.63, 3.8) is 0 Å². The van der Waals surface area contributed by atoms with Gasteiger partial charge in [0, 0.05) is 30.4 Å². The van der Waals surface area contributed by atoms with Crippen molar-refractivity contribution < 1.29 is 14.3 Å². The van der Waals surface area contributed by atoms with Crippen LogP contribution in [0.25, 0.3) is 0 Å². The van der Waals surface area contributed by atoms with Crippen LogP contribution in [0.3, 0.4) is 0 Å². The van der Waals surface area contributed by atoms with Gasteiger partial charge in [-0.3, -0.25) is 9.69 Å². The van der Waals surface area contributed by atoms with Gasteiger partial charge >= 0.3 is 6.03 Å². The molecule has 1 aromatic heterocycles. The maximum atomic E-state index is 13.4. The lowest BCUT2D eigenvalue weighted by Gasteiger charge is -2.35. The number of carbonyl (C=O) groups excluding carboxylic acids is 2. The molecule has 2 unspecified atom stereocenters. The molecule has 1 fully saturated rings. The van der Waals surface area contributed by atoms with Crippen LogP contribution in [0.15, 0.2) is 65.8 Å². The van der Waals surface area contributed by atoms with Gasteiger partial charge in [-0.2, -0.15) is 0 Å². The van der Waals surface area contributed by atoms with E-state index in [1.807, 2.05) is 30.3 Å². The van der Waals surface area contributed by atoms with E-state index in [1.54, 1.807) is 35.4 Å². The lowest BCUT2D eigenvalue weighted by molar-refractivity contribution is -0.122. The molecule has 10 heteroatoms. The van der Waals surface area contributed by atoms with Gasteiger partial charge in [0.25, 0.3) is 0 Å². The molecule has 3 aromatic rings. The zero-order valence-corrected chi connectivity index (χ0v) is 21.8. The first-order chi connectivity index (χ1) is 18.0. The van der Waals surface area contributed by atoms with Crippen LogP contribution in [-0.2, 0) is 4.79 Å². The van der Waals surface area contributed by atoms with Crippen LogP contribution in [0.1, 0.15) is 24.4 Å². The SMILES string of the molecule is CN1CCCC(NC(=O)[C@@H]2Sc3nccc4c3C2NC(=O)N4c2ccc(Oc3ccccc3)cc2Cl)C1. The number of nitrogens with zero attached hydrogens (tertiary/aromatic N) is 3. The lowest BCUT2D eigenvalue weighted by atomic mass is 9.99. The summed E-state index contributed by atoms with van der Waals surface area (Å²) in [4.78, 5) is 35.0. The van der Waals surface area contributed by atoms with Crippen molar-refractivity contribution >= 4 is 46.7 Å². The van der Waals surface area contributed by atoms with E-state index in [1.165, 1.54) is 11.8 Å². The number of hydrogen-bond acceptors (Lipinski definition) is 6. The van der Waals surface area contributed by atoms with Crippen molar-refractivity contribution in [3.8, 4) is 11.5 Å². The molecule has 0 saturated carbocycles. The smallest absolute Gasteiger partial charge is 0.327 e. The fourth-order valence-electron chi connectivity index (χ4n) is 5.19. The molecule has 2 N–H and O–H groups in total. The summed E-state index contributed by atoms with van der Waals surface area (Å²) in [7, 11) is 2.07. The Morgan fingerprint density at radius 2 is 2.00 bits per heavy atom. The van der Waals surface area contributed by atoms with Gasteiger partial charge in [-0.1, -0.05) is 41.6 Å². The van der Waals surface area contributed by atoms with Crippen LogP contribution >= 0.6 is 23.4 Å². The van der Waals surface area contributed by atoms with Crippen LogP contribution < -0.4 is 20.3 Å². The molecule has 3 atom stereocenters. The van der Waals surface area contributed by atoms with Gasteiger partial charge in [0.15, 0.2) is 0 Å². The summed E-state index contributed by atoms with van der Waals surface area (Å²) in [5.74, 6) is 1.18. The first-order valence-electron chi connectivity index (χ1n) is 12.3. The number of anilines is 2. The quantitative estimate of drug-likeness (QED) is 0.472. The van der Waals surface area contributed by atoms with Crippen LogP contribution in [0.4, 0.5) is 16.2 Å². The predicted molar refractivity (Wildman–Crippen MR) is 144 cm³/mol. The number of urea groups is 1. The molecule has 0 bridgehead atoms. The second-order valence-corrected chi connectivity index (χ2v) is 11.0. The number of hydrogen-bond donors (Lipinski definition) is 2. The number of halogens is 1. The summed E-state index contributed by atoms with van der Waals surface area (Å²) in [6, 6.07) is 15.7. The van der Waals surface area contributed by atoms with Crippen molar-refractivity contribution in [2.45, 2.75) is 35.2 Å². The highest BCUT2D eigenvalue weighted by molar-refractivity contribution is 8.01. The third kappa shape index (κ3) is 4.63. The van der Waals surface area contributed by atoms with Gasteiger partial charge < -0.3 is 20.3 Å². The number of aromatic nitrogens is 1. The number of benzene rings is 2. The molecular weight excluding hydrogens is 510 g/mol. The third-order valence-corrected chi connectivity index (χ3v) is 8.47. The number of likely N-dealkylation sites (tertiary alicyclic amines) is 1. The van der Waals surface area contributed by atoms with Crippen molar-refractivity contribution in [1.82, 2.24) is 20.5 Å². The predicted octanol–water partition coefficient (Wildman–Crippen LogP) is 5.11. The molecule has 0 spiro atoms. The van der Waals surface area contributed by atoms with E-state index in [2.05, 4.69) is 27.6 Å². The van der Waals surface area contributed by atoms with Crippen molar-refractivity contribution in [2.75, 3.05) is 25.0 Å². The molecule has 2 aromatic carbocycles. The number of ether oxygens (including phenoxy) is 1. The Morgan fingerprint density at radius 3 is 2.78 bits per heavy atom. The van der Waals surface area contributed by atoms with Crippen LogP contribution in [-0.4, -0.2) is 53.3 Å². The fraction of sp³-hybridized carbons (Fsp3) is 0.296. The Balaban J connectivity index is 1.26. The number of piperidine rings is 1. The summed E-state index contributed by atoms with van der Waals surface area (Å²) in [6.07, 6.45) is 3.68. The van der Waals surface area contributed by atoms with E-state index in [-0.39, 0.29) is 18.0 Å². The Bertz CT molecular complexity index is 1360. The first kappa shape index (κ1) is 24.1. The second-order valence-electron chi connectivity index (χ2n) is 9.49. The van der Waals surface area contributed by atoms with E-state index < -0.39 is 11.3 Å².